The van der Waals surface area contributed by atoms with E-state index in [-0.39, 0.29) is 11.9 Å². The van der Waals surface area contributed by atoms with Crippen molar-refractivity contribution in [2.45, 2.75) is 38.1 Å². The third-order valence-corrected chi connectivity index (χ3v) is 4.44. The van der Waals surface area contributed by atoms with Crippen LogP contribution >= 0.6 is 0 Å². The Labute approximate surface area is 139 Å². The normalized spacial score (nSPS) is 21.0. The van der Waals surface area contributed by atoms with E-state index in [2.05, 4.69) is 15.4 Å². The lowest BCUT2D eigenvalue weighted by Crippen LogP contribution is -2.42. The fourth-order valence-electron chi connectivity index (χ4n) is 3.16. The number of carboxylic acid groups (broad SMARTS) is 1. The monoisotopic (exact) mass is 328 g/mol. The number of nitrogens with one attached hydrogen (secondary N) is 1. The summed E-state index contributed by atoms with van der Waals surface area (Å²) in [6, 6.07) is 6.70. The highest BCUT2D eigenvalue weighted by Gasteiger charge is 2.30. The molecule has 1 aromatic carbocycles. The molecule has 1 aliphatic carbocycles. The van der Waals surface area contributed by atoms with Gasteiger partial charge in [-0.2, -0.15) is 5.10 Å². The van der Waals surface area contributed by atoms with Gasteiger partial charge in [0.2, 0.25) is 0 Å². The number of hydrogen-bond donors (Lipinski definition) is 2. The Morgan fingerprint density at radius 3 is 2.79 bits per heavy atom. The first-order valence-corrected chi connectivity index (χ1v) is 8.14. The second-order valence-electron chi connectivity index (χ2n) is 6.05. The molecule has 126 valence electrons. The highest BCUT2D eigenvalue weighted by molar-refractivity contribution is 5.95. The number of amides is 1. The molecule has 1 heterocycles. The number of carbonyl (C=O) groups is 2. The molecule has 2 N–H and O–H groups in total. The molecule has 0 saturated heterocycles. The maximum Gasteiger partial charge on any atom is 0.308 e. The van der Waals surface area contributed by atoms with Crippen molar-refractivity contribution in [3.63, 3.8) is 0 Å². The third-order valence-electron chi connectivity index (χ3n) is 4.44. The van der Waals surface area contributed by atoms with E-state index in [4.69, 9.17) is 0 Å². The molecule has 1 aliphatic rings. The second-order valence-corrected chi connectivity index (χ2v) is 6.05. The predicted octanol–water partition coefficient (Wildman–Crippen LogP) is 2.03. The average molecular weight is 328 g/mol. The minimum atomic E-state index is -0.835. The SMILES string of the molecule is O=C(N[C@H]1CCCCC[C@H]1C(=O)O)c1cccc(-n2cncn2)c1. The summed E-state index contributed by atoms with van der Waals surface area (Å²) in [5, 5.41) is 16.4. The molecule has 0 unspecified atom stereocenters. The molecule has 2 aromatic rings. The van der Waals surface area contributed by atoms with Crippen molar-refractivity contribution < 1.29 is 14.7 Å². The largest absolute Gasteiger partial charge is 0.481 e. The Kier molecular flexibility index (Phi) is 4.88. The summed E-state index contributed by atoms with van der Waals surface area (Å²) in [6.45, 7) is 0. The van der Waals surface area contributed by atoms with E-state index in [0.29, 0.717) is 18.4 Å². The molecule has 0 spiro atoms. The number of benzene rings is 1. The molecule has 2 atom stereocenters. The van der Waals surface area contributed by atoms with E-state index in [1.807, 2.05) is 6.07 Å². The van der Waals surface area contributed by atoms with Crippen LogP contribution in [0.2, 0.25) is 0 Å². The van der Waals surface area contributed by atoms with Gasteiger partial charge in [-0.05, 0) is 31.0 Å². The first-order chi connectivity index (χ1) is 11.6. The number of carbonyl (C=O) groups excluding carboxylic acids is 1. The van der Waals surface area contributed by atoms with Crippen molar-refractivity contribution in [2.75, 3.05) is 0 Å². The Hall–Kier alpha value is -2.70. The molecule has 0 radical (unpaired) electrons. The zero-order valence-corrected chi connectivity index (χ0v) is 13.3. The highest BCUT2D eigenvalue weighted by atomic mass is 16.4. The Morgan fingerprint density at radius 1 is 1.21 bits per heavy atom. The van der Waals surface area contributed by atoms with E-state index in [9.17, 15) is 14.7 Å². The summed E-state index contributed by atoms with van der Waals surface area (Å²) in [7, 11) is 0. The van der Waals surface area contributed by atoms with Gasteiger partial charge in [0.05, 0.1) is 11.6 Å². The first kappa shape index (κ1) is 16.2. The minimum Gasteiger partial charge on any atom is -0.481 e. The lowest BCUT2D eigenvalue weighted by Gasteiger charge is -2.23. The Bertz CT molecular complexity index is 714. The van der Waals surface area contributed by atoms with Gasteiger partial charge in [0.15, 0.2) is 0 Å². The van der Waals surface area contributed by atoms with E-state index in [1.54, 1.807) is 29.2 Å². The van der Waals surface area contributed by atoms with E-state index in [1.165, 1.54) is 6.33 Å². The van der Waals surface area contributed by atoms with Crippen molar-refractivity contribution >= 4 is 11.9 Å². The van der Waals surface area contributed by atoms with Crippen molar-refractivity contribution in [3.8, 4) is 5.69 Å². The molecule has 1 amide bonds. The van der Waals surface area contributed by atoms with Gasteiger partial charge in [0.25, 0.3) is 5.91 Å². The standard InChI is InChI=1S/C17H20N4O3/c22-16(20-15-8-3-1-2-7-14(15)17(23)24)12-5-4-6-13(9-12)21-11-18-10-19-21/h4-6,9-11,14-15H,1-3,7-8H2,(H,20,22)(H,23,24)/t14-,15+/m1/s1. The fourth-order valence-corrected chi connectivity index (χ4v) is 3.16. The van der Waals surface area contributed by atoms with E-state index >= 15 is 0 Å². The van der Waals surface area contributed by atoms with Crippen LogP contribution in [0.25, 0.3) is 5.69 Å². The number of carboxylic acids is 1. The van der Waals surface area contributed by atoms with Gasteiger partial charge in [-0.25, -0.2) is 9.67 Å². The molecule has 0 aliphatic heterocycles. The maximum atomic E-state index is 12.6. The summed E-state index contributed by atoms with van der Waals surface area (Å²) >= 11 is 0. The van der Waals surface area contributed by atoms with Crippen LogP contribution in [0.4, 0.5) is 0 Å². The lowest BCUT2D eigenvalue weighted by molar-refractivity contribution is -0.142. The smallest absolute Gasteiger partial charge is 0.308 e. The molecule has 7 nitrogen and oxygen atoms in total. The molecule has 1 saturated carbocycles. The summed E-state index contributed by atoms with van der Waals surface area (Å²) in [5.41, 5.74) is 1.21. The third kappa shape index (κ3) is 3.61. The number of nitrogens with zero attached hydrogens (tertiary/aromatic N) is 3. The van der Waals surface area contributed by atoms with Crippen LogP contribution in [0.5, 0.6) is 0 Å². The molecule has 24 heavy (non-hydrogen) atoms. The van der Waals surface area contributed by atoms with Gasteiger partial charge in [-0.3, -0.25) is 9.59 Å². The first-order valence-electron chi connectivity index (χ1n) is 8.14. The Balaban J connectivity index is 1.76. The summed E-state index contributed by atoms with van der Waals surface area (Å²) in [6.07, 6.45) is 7.14. The minimum absolute atomic E-state index is 0.255. The predicted molar refractivity (Wildman–Crippen MR) is 86.8 cm³/mol. The molecule has 7 heteroatoms. The summed E-state index contributed by atoms with van der Waals surface area (Å²) in [5.74, 6) is -1.61. The van der Waals surface area contributed by atoms with Gasteiger partial charge in [-0.15, -0.1) is 0 Å². The van der Waals surface area contributed by atoms with Crippen molar-refractivity contribution in [1.82, 2.24) is 20.1 Å². The van der Waals surface area contributed by atoms with Gasteiger partial charge >= 0.3 is 5.97 Å². The van der Waals surface area contributed by atoms with Crippen LogP contribution in [0.15, 0.2) is 36.9 Å². The lowest BCUT2D eigenvalue weighted by atomic mass is 9.94. The van der Waals surface area contributed by atoms with Crippen LogP contribution in [0.1, 0.15) is 42.5 Å². The summed E-state index contributed by atoms with van der Waals surface area (Å²) in [4.78, 5) is 27.9. The van der Waals surface area contributed by atoms with E-state index < -0.39 is 11.9 Å². The molecule has 1 aromatic heterocycles. The van der Waals surface area contributed by atoms with Gasteiger partial charge in [0, 0.05) is 11.6 Å². The number of rotatable bonds is 4. The van der Waals surface area contributed by atoms with E-state index in [0.717, 1.165) is 24.9 Å². The van der Waals surface area contributed by atoms with Gasteiger partial charge in [0.1, 0.15) is 12.7 Å². The zero-order chi connectivity index (χ0) is 16.9. The van der Waals surface area contributed by atoms with Crippen molar-refractivity contribution in [3.05, 3.63) is 42.5 Å². The van der Waals surface area contributed by atoms with Crippen molar-refractivity contribution in [1.29, 1.82) is 0 Å². The number of hydrogen-bond acceptors (Lipinski definition) is 4. The van der Waals surface area contributed by atoms with Crippen molar-refractivity contribution in [2.24, 2.45) is 5.92 Å². The number of aromatic nitrogens is 3. The van der Waals surface area contributed by atoms with Crippen LogP contribution < -0.4 is 5.32 Å². The molecule has 0 bridgehead atoms. The molecular weight excluding hydrogens is 308 g/mol. The van der Waals surface area contributed by atoms with Gasteiger partial charge < -0.3 is 10.4 Å². The van der Waals surface area contributed by atoms with Crippen LogP contribution in [0.3, 0.4) is 0 Å². The van der Waals surface area contributed by atoms with Crippen LogP contribution in [0, 0.1) is 5.92 Å². The molecule has 1 fully saturated rings. The summed E-state index contributed by atoms with van der Waals surface area (Å²) < 4.78 is 1.57. The quantitative estimate of drug-likeness (QED) is 0.837. The van der Waals surface area contributed by atoms with Crippen LogP contribution in [-0.4, -0.2) is 37.8 Å². The highest BCUT2D eigenvalue weighted by Crippen LogP contribution is 2.24. The fraction of sp³-hybridized carbons (Fsp3) is 0.412. The van der Waals surface area contributed by atoms with Gasteiger partial charge in [-0.1, -0.05) is 25.3 Å². The topological polar surface area (TPSA) is 97.1 Å². The second kappa shape index (κ2) is 7.25. The Morgan fingerprint density at radius 2 is 2.04 bits per heavy atom. The zero-order valence-electron chi connectivity index (χ0n) is 13.3. The van der Waals surface area contributed by atoms with Crippen LogP contribution in [-0.2, 0) is 4.79 Å². The maximum absolute atomic E-state index is 12.6. The molecule has 3 rings (SSSR count). The number of aliphatic carboxylic acids is 1. The molecular formula is C17H20N4O3. The average Bonchev–Trinajstić information content (AvgIpc) is 3.02.